The highest BCUT2D eigenvalue weighted by molar-refractivity contribution is 9.11. The molecule has 7 heteroatoms. The molecule has 3 heterocycles. The minimum Gasteiger partial charge on any atom is -0.262 e. The van der Waals surface area contributed by atoms with Gasteiger partial charge >= 0.3 is 0 Å². The predicted octanol–water partition coefficient (Wildman–Crippen LogP) is 9.94. The molecule has 2 aromatic carbocycles. The summed E-state index contributed by atoms with van der Waals surface area (Å²) >= 11 is 13.6. The largest absolute Gasteiger partial charge is 0.262 e. The zero-order chi connectivity index (χ0) is 25.0. The average Bonchev–Trinajstić information content (AvgIpc) is 2.85. The first-order valence-corrected chi connectivity index (χ1v) is 13.7. The lowest BCUT2D eigenvalue weighted by Crippen LogP contribution is -1.86. The Morgan fingerprint density at radius 3 is 1.17 bits per heavy atom. The van der Waals surface area contributed by atoms with Gasteiger partial charge in [-0.15, -0.1) is 0 Å². The van der Waals surface area contributed by atoms with Crippen molar-refractivity contribution in [1.29, 1.82) is 0 Å². The van der Waals surface area contributed by atoms with Gasteiger partial charge in [0.1, 0.15) is 0 Å². The molecule has 3 nitrogen and oxygen atoms in total. The van der Waals surface area contributed by atoms with Gasteiger partial charge in [0.25, 0.3) is 0 Å². The molecular formula is C28H21Br4N3. The molecule has 0 saturated carbocycles. The van der Waals surface area contributed by atoms with E-state index < -0.39 is 0 Å². The summed E-state index contributed by atoms with van der Waals surface area (Å²) in [5, 5.41) is 0. The lowest BCUT2D eigenvalue weighted by atomic mass is 10.1. The summed E-state index contributed by atoms with van der Waals surface area (Å²) in [5.41, 5.74) is 5.15. The molecule has 0 radical (unpaired) electrons. The Morgan fingerprint density at radius 1 is 0.457 bits per heavy atom. The van der Waals surface area contributed by atoms with Crippen LogP contribution in [0.4, 0.5) is 0 Å². The Kier molecular flexibility index (Phi) is 11.3. The minimum atomic E-state index is 0.959. The van der Waals surface area contributed by atoms with Crippen LogP contribution in [-0.2, 0) is 0 Å². The molecule has 35 heavy (non-hydrogen) atoms. The van der Waals surface area contributed by atoms with Gasteiger partial charge in [0.15, 0.2) is 0 Å². The molecule has 0 aliphatic rings. The molecule has 3 aromatic heterocycles. The topological polar surface area (TPSA) is 38.7 Å². The SMILES string of the molecule is Brc1cc(-c2ccccn2)cc(-c2ccccn2)c1.Brc1cc(Br)cc(Br)c1.Cc1ccccn1. The molecule has 0 fully saturated rings. The van der Waals surface area contributed by atoms with Crippen LogP contribution in [-0.4, -0.2) is 15.0 Å². The van der Waals surface area contributed by atoms with E-state index in [0.717, 1.165) is 46.1 Å². The summed E-state index contributed by atoms with van der Waals surface area (Å²) in [6.45, 7) is 1.97. The number of aromatic nitrogens is 3. The number of pyridine rings is 3. The van der Waals surface area contributed by atoms with Crippen molar-refractivity contribution in [3.63, 3.8) is 0 Å². The number of aryl methyl sites for hydroxylation is 1. The van der Waals surface area contributed by atoms with Gasteiger partial charge in [0, 0.05) is 53.3 Å². The van der Waals surface area contributed by atoms with Crippen LogP contribution in [0, 0.1) is 6.92 Å². The van der Waals surface area contributed by atoms with Crippen molar-refractivity contribution in [1.82, 2.24) is 15.0 Å². The molecule has 5 rings (SSSR count). The molecule has 0 atom stereocenters. The fourth-order valence-electron chi connectivity index (χ4n) is 2.92. The third-order valence-electron chi connectivity index (χ3n) is 4.46. The molecule has 0 saturated heterocycles. The Balaban J connectivity index is 0.000000177. The monoisotopic (exact) mass is 715 g/mol. The lowest BCUT2D eigenvalue weighted by molar-refractivity contribution is 1.20. The second kappa shape index (κ2) is 14.4. The number of hydrogen-bond acceptors (Lipinski definition) is 3. The zero-order valence-corrected chi connectivity index (χ0v) is 25.1. The fraction of sp³-hybridized carbons (Fsp3) is 0.0357. The van der Waals surface area contributed by atoms with E-state index in [1.54, 1.807) is 18.6 Å². The van der Waals surface area contributed by atoms with Crippen LogP contribution in [0.3, 0.4) is 0 Å². The summed E-state index contributed by atoms with van der Waals surface area (Å²) in [6, 6.07) is 29.9. The maximum Gasteiger partial charge on any atom is 0.0702 e. The highest BCUT2D eigenvalue weighted by atomic mass is 79.9. The highest BCUT2D eigenvalue weighted by Crippen LogP contribution is 2.28. The van der Waals surface area contributed by atoms with E-state index in [2.05, 4.69) is 96.9 Å². The summed E-state index contributed by atoms with van der Waals surface area (Å²) in [7, 11) is 0. The van der Waals surface area contributed by atoms with Gasteiger partial charge in [-0.1, -0.05) is 81.9 Å². The number of benzene rings is 2. The van der Waals surface area contributed by atoms with Crippen molar-refractivity contribution >= 4 is 63.7 Å². The van der Waals surface area contributed by atoms with Crippen molar-refractivity contribution in [3.05, 3.63) is 133 Å². The van der Waals surface area contributed by atoms with Crippen LogP contribution in [0.1, 0.15) is 5.69 Å². The van der Waals surface area contributed by atoms with Crippen molar-refractivity contribution < 1.29 is 0 Å². The van der Waals surface area contributed by atoms with Gasteiger partial charge in [-0.25, -0.2) is 0 Å². The predicted molar refractivity (Wildman–Crippen MR) is 159 cm³/mol. The molecule has 0 N–H and O–H groups in total. The van der Waals surface area contributed by atoms with E-state index in [9.17, 15) is 0 Å². The summed E-state index contributed by atoms with van der Waals surface area (Å²) in [5.74, 6) is 0. The molecule has 0 aliphatic heterocycles. The first-order chi connectivity index (χ1) is 16.9. The molecule has 5 aromatic rings. The van der Waals surface area contributed by atoms with E-state index in [0.29, 0.717) is 0 Å². The van der Waals surface area contributed by atoms with Gasteiger partial charge in [0.05, 0.1) is 11.4 Å². The zero-order valence-electron chi connectivity index (χ0n) is 18.7. The summed E-state index contributed by atoms with van der Waals surface area (Å²) in [4.78, 5) is 12.7. The molecule has 0 unspecified atom stereocenters. The Labute approximate surface area is 239 Å². The summed E-state index contributed by atoms with van der Waals surface area (Å²) in [6.07, 6.45) is 5.39. The standard InChI is InChI=1S/C16H11BrN2.C6H3Br3.C6H7N/c17-14-10-12(15-5-1-3-7-18-15)9-13(11-14)16-6-2-4-8-19-16;7-4-1-5(8)3-6(9)2-4;1-6-4-2-3-5-7-6/h1-11H;1-3H;2-5H,1H3. The Hall–Kier alpha value is -2.19. The maximum absolute atomic E-state index is 4.38. The lowest BCUT2D eigenvalue weighted by Gasteiger charge is -2.06. The van der Waals surface area contributed by atoms with Crippen LogP contribution < -0.4 is 0 Å². The first kappa shape index (κ1) is 27.4. The van der Waals surface area contributed by atoms with Crippen LogP contribution in [0.2, 0.25) is 0 Å². The quantitative estimate of drug-likeness (QED) is 0.182. The highest BCUT2D eigenvalue weighted by Gasteiger charge is 2.05. The molecular weight excluding hydrogens is 698 g/mol. The van der Waals surface area contributed by atoms with Crippen LogP contribution >= 0.6 is 63.7 Å². The number of rotatable bonds is 2. The van der Waals surface area contributed by atoms with E-state index in [4.69, 9.17) is 0 Å². The van der Waals surface area contributed by atoms with E-state index in [-0.39, 0.29) is 0 Å². The second-order valence-electron chi connectivity index (χ2n) is 7.22. The van der Waals surface area contributed by atoms with E-state index in [1.165, 1.54) is 0 Å². The molecule has 0 bridgehead atoms. The number of hydrogen-bond donors (Lipinski definition) is 0. The third-order valence-corrected chi connectivity index (χ3v) is 6.29. The number of nitrogens with zero attached hydrogens (tertiary/aromatic N) is 3. The Bertz CT molecular complexity index is 1220. The third kappa shape index (κ3) is 9.76. The van der Waals surface area contributed by atoms with Gasteiger partial charge in [-0.05, 0) is 79.7 Å². The molecule has 0 aliphatic carbocycles. The molecule has 0 spiro atoms. The normalized spacial score (nSPS) is 9.86. The number of halogens is 4. The molecule has 0 amide bonds. The molecule has 176 valence electrons. The average molecular weight is 719 g/mol. The van der Waals surface area contributed by atoms with E-state index >= 15 is 0 Å². The second-order valence-corrected chi connectivity index (χ2v) is 10.9. The van der Waals surface area contributed by atoms with E-state index in [1.807, 2.05) is 79.7 Å². The summed E-state index contributed by atoms with van der Waals surface area (Å²) < 4.78 is 4.24. The van der Waals surface area contributed by atoms with Crippen LogP contribution in [0.25, 0.3) is 22.5 Å². The van der Waals surface area contributed by atoms with Crippen LogP contribution in [0.5, 0.6) is 0 Å². The van der Waals surface area contributed by atoms with Crippen molar-refractivity contribution in [2.45, 2.75) is 6.92 Å². The van der Waals surface area contributed by atoms with Gasteiger partial charge < -0.3 is 0 Å². The van der Waals surface area contributed by atoms with Crippen LogP contribution in [0.15, 0.2) is 127 Å². The maximum atomic E-state index is 4.38. The van der Waals surface area contributed by atoms with Crippen molar-refractivity contribution in [2.24, 2.45) is 0 Å². The fourth-order valence-corrected chi connectivity index (χ4v) is 5.82. The smallest absolute Gasteiger partial charge is 0.0702 e. The van der Waals surface area contributed by atoms with Gasteiger partial charge in [-0.2, -0.15) is 0 Å². The van der Waals surface area contributed by atoms with Crippen molar-refractivity contribution in [3.8, 4) is 22.5 Å². The minimum absolute atomic E-state index is 0.959. The van der Waals surface area contributed by atoms with Gasteiger partial charge in [0.2, 0.25) is 0 Å². The van der Waals surface area contributed by atoms with Gasteiger partial charge in [-0.3, -0.25) is 15.0 Å². The Morgan fingerprint density at radius 2 is 0.857 bits per heavy atom. The first-order valence-electron chi connectivity index (χ1n) is 10.5. The van der Waals surface area contributed by atoms with Crippen molar-refractivity contribution in [2.75, 3.05) is 0 Å².